The Morgan fingerprint density at radius 3 is 2.37 bits per heavy atom. The van der Waals surface area contributed by atoms with Gasteiger partial charge >= 0.3 is 5.97 Å². The normalized spacial score (nSPS) is 13.2. The van der Waals surface area contributed by atoms with Gasteiger partial charge in [0.1, 0.15) is 5.75 Å². The molecule has 0 atom stereocenters. The molecule has 27 heavy (non-hydrogen) atoms. The maximum absolute atomic E-state index is 12.8. The predicted molar refractivity (Wildman–Crippen MR) is 103 cm³/mol. The third-order valence-electron chi connectivity index (χ3n) is 4.68. The second-order valence-corrected chi connectivity index (χ2v) is 6.54. The average molecular weight is 357 g/mol. The fourth-order valence-corrected chi connectivity index (χ4v) is 3.27. The highest BCUT2D eigenvalue weighted by Crippen LogP contribution is 2.25. The molecule has 0 aromatic heterocycles. The molecule has 1 aliphatic heterocycles. The van der Waals surface area contributed by atoms with Crippen molar-refractivity contribution < 1.29 is 14.3 Å². The first-order chi connectivity index (χ1) is 13.2. The van der Waals surface area contributed by atoms with Crippen LogP contribution >= 0.6 is 0 Å². The Labute approximate surface area is 158 Å². The van der Waals surface area contributed by atoms with E-state index in [1.54, 1.807) is 42.5 Å². The minimum atomic E-state index is -0.400. The fraction of sp³-hybridized carbons (Fsp3) is 0.130. The van der Waals surface area contributed by atoms with Gasteiger partial charge in [-0.3, -0.25) is 4.79 Å². The van der Waals surface area contributed by atoms with Gasteiger partial charge in [0.25, 0.3) is 5.91 Å². The van der Waals surface area contributed by atoms with E-state index in [4.69, 9.17) is 4.74 Å². The quantitative estimate of drug-likeness (QED) is 0.522. The van der Waals surface area contributed by atoms with Crippen molar-refractivity contribution in [1.82, 2.24) is 4.90 Å². The minimum Gasteiger partial charge on any atom is -0.423 e. The highest BCUT2D eigenvalue weighted by atomic mass is 16.5. The number of hydrogen-bond donors (Lipinski definition) is 0. The zero-order chi connectivity index (χ0) is 18.6. The molecule has 4 heteroatoms. The molecule has 134 valence electrons. The number of rotatable bonds is 4. The lowest BCUT2D eigenvalue weighted by atomic mass is 9.98. The lowest BCUT2D eigenvalue weighted by molar-refractivity contribution is 0.0727. The molecule has 3 aromatic rings. The van der Waals surface area contributed by atoms with E-state index in [9.17, 15) is 9.59 Å². The lowest BCUT2D eigenvalue weighted by Crippen LogP contribution is -2.37. The van der Waals surface area contributed by atoms with E-state index in [1.807, 2.05) is 41.3 Å². The van der Waals surface area contributed by atoms with E-state index in [2.05, 4.69) is 0 Å². The molecular formula is C23H19NO3. The van der Waals surface area contributed by atoms with E-state index in [-0.39, 0.29) is 5.91 Å². The predicted octanol–water partition coefficient (Wildman–Crippen LogP) is 4.10. The summed E-state index contributed by atoms with van der Waals surface area (Å²) >= 11 is 0. The minimum absolute atomic E-state index is 0.0149. The Bertz CT molecular complexity index is 967. The summed E-state index contributed by atoms with van der Waals surface area (Å²) in [4.78, 5) is 26.9. The maximum Gasteiger partial charge on any atom is 0.343 e. The summed E-state index contributed by atoms with van der Waals surface area (Å²) in [5.74, 6) is 0.0799. The third-order valence-corrected chi connectivity index (χ3v) is 4.68. The largest absolute Gasteiger partial charge is 0.423 e. The van der Waals surface area contributed by atoms with Gasteiger partial charge < -0.3 is 9.64 Å². The molecule has 1 aliphatic rings. The number of amides is 1. The Morgan fingerprint density at radius 1 is 0.926 bits per heavy atom. The van der Waals surface area contributed by atoms with Crippen LogP contribution in [0.3, 0.4) is 0 Å². The average Bonchev–Trinajstić information content (AvgIpc) is 2.71. The van der Waals surface area contributed by atoms with Crippen molar-refractivity contribution in [2.75, 3.05) is 6.54 Å². The van der Waals surface area contributed by atoms with Crippen LogP contribution in [0.25, 0.3) is 0 Å². The number of nitrogens with zero attached hydrogens (tertiary/aromatic N) is 1. The summed E-state index contributed by atoms with van der Waals surface area (Å²) < 4.78 is 5.46. The molecule has 0 aliphatic carbocycles. The van der Waals surface area contributed by atoms with Crippen molar-refractivity contribution in [3.05, 3.63) is 101 Å². The number of ether oxygens (including phenoxy) is 1. The van der Waals surface area contributed by atoms with Crippen LogP contribution < -0.4 is 4.74 Å². The number of carbonyl (C=O) groups excluding carboxylic acids is 2. The zero-order valence-corrected chi connectivity index (χ0v) is 14.8. The molecule has 3 aromatic carbocycles. The number of benzene rings is 3. The van der Waals surface area contributed by atoms with Crippen LogP contribution in [0, 0.1) is 0 Å². The Hall–Kier alpha value is -3.40. The van der Waals surface area contributed by atoms with Gasteiger partial charge in [-0.25, -0.2) is 4.79 Å². The van der Waals surface area contributed by atoms with Gasteiger partial charge in [-0.2, -0.15) is 0 Å². The first-order valence-corrected chi connectivity index (χ1v) is 8.94. The first-order valence-electron chi connectivity index (χ1n) is 8.94. The van der Waals surface area contributed by atoms with E-state index in [1.165, 1.54) is 0 Å². The summed E-state index contributed by atoms with van der Waals surface area (Å²) in [6, 6.07) is 24.1. The highest BCUT2D eigenvalue weighted by molar-refractivity contribution is 5.97. The van der Waals surface area contributed by atoms with Gasteiger partial charge in [-0.05, 0) is 47.9 Å². The van der Waals surface area contributed by atoms with Gasteiger partial charge in [0.2, 0.25) is 0 Å². The molecule has 0 unspecified atom stereocenters. The second-order valence-electron chi connectivity index (χ2n) is 6.54. The zero-order valence-electron chi connectivity index (χ0n) is 14.8. The molecular weight excluding hydrogens is 338 g/mol. The fourth-order valence-electron chi connectivity index (χ4n) is 3.27. The van der Waals surface area contributed by atoms with Crippen LogP contribution in [-0.4, -0.2) is 23.3 Å². The van der Waals surface area contributed by atoms with Crippen LogP contribution in [0.5, 0.6) is 5.75 Å². The van der Waals surface area contributed by atoms with E-state index in [0.29, 0.717) is 30.0 Å². The van der Waals surface area contributed by atoms with Crippen LogP contribution in [0.2, 0.25) is 0 Å². The van der Waals surface area contributed by atoms with Gasteiger partial charge in [0.15, 0.2) is 0 Å². The Kier molecular flexibility index (Phi) is 4.71. The molecule has 0 spiro atoms. The molecule has 0 saturated carbocycles. The SMILES string of the molecule is O=C(Oc1ccc2c(c1)CCN(Cc1ccccc1)C2=O)c1ccccc1. The molecule has 0 radical (unpaired) electrons. The third kappa shape index (κ3) is 3.75. The monoisotopic (exact) mass is 357 g/mol. The summed E-state index contributed by atoms with van der Waals surface area (Å²) in [5, 5.41) is 0. The first kappa shape index (κ1) is 17.0. The van der Waals surface area contributed by atoms with Gasteiger partial charge in [-0.15, -0.1) is 0 Å². The number of fused-ring (bicyclic) bond motifs is 1. The molecule has 0 N–H and O–H groups in total. The van der Waals surface area contributed by atoms with Crippen molar-refractivity contribution in [1.29, 1.82) is 0 Å². The molecule has 0 bridgehead atoms. The molecule has 4 rings (SSSR count). The summed E-state index contributed by atoms with van der Waals surface area (Å²) in [6.07, 6.45) is 0.741. The molecule has 0 fully saturated rings. The van der Waals surface area contributed by atoms with Crippen molar-refractivity contribution in [3.63, 3.8) is 0 Å². The van der Waals surface area contributed by atoms with E-state index >= 15 is 0 Å². The lowest BCUT2D eigenvalue weighted by Gasteiger charge is -2.29. The molecule has 1 heterocycles. The number of carbonyl (C=O) groups is 2. The highest BCUT2D eigenvalue weighted by Gasteiger charge is 2.25. The Balaban J connectivity index is 1.49. The smallest absolute Gasteiger partial charge is 0.343 e. The summed E-state index contributed by atoms with van der Waals surface area (Å²) in [5.41, 5.74) is 3.21. The standard InChI is InChI=1S/C23H19NO3/c25-22-21-12-11-20(27-23(26)18-9-5-2-6-10-18)15-19(21)13-14-24(22)16-17-7-3-1-4-8-17/h1-12,15H,13-14,16H2. The summed E-state index contributed by atoms with van der Waals surface area (Å²) in [6.45, 7) is 1.25. The topological polar surface area (TPSA) is 46.6 Å². The number of hydrogen-bond acceptors (Lipinski definition) is 3. The second kappa shape index (κ2) is 7.46. The molecule has 1 amide bonds. The Morgan fingerprint density at radius 2 is 1.63 bits per heavy atom. The van der Waals surface area contributed by atoms with Gasteiger partial charge in [0.05, 0.1) is 5.56 Å². The van der Waals surface area contributed by atoms with Crippen LogP contribution in [-0.2, 0) is 13.0 Å². The van der Waals surface area contributed by atoms with Crippen molar-refractivity contribution >= 4 is 11.9 Å². The maximum atomic E-state index is 12.8. The molecule has 0 saturated heterocycles. The van der Waals surface area contributed by atoms with Crippen molar-refractivity contribution in [2.45, 2.75) is 13.0 Å². The van der Waals surface area contributed by atoms with E-state index < -0.39 is 5.97 Å². The number of esters is 1. The van der Waals surface area contributed by atoms with Gasteiger partial charge in [-0.1, -0.05) is 48.5 Å². The summed E-state index contributed by atoms with van der Waals surface area (Å²) in [7, 11) is 0. The molecule has 4 nitrogen and oxygen atoms in total. The van der Waals surface area contributed by atoms with Crippen LogP contribution in [0.1, 0.15) is 31.8 Å². The van der Waals surface area contributed by atoms with Crippen LogP contribution in [0.4, 0.5) is 0 Å². The van der Waals surface area contributed by atoms with Crippen LogP contribution in [0.15, 0.2) is 78.9 Å². The van der Waals surface area contributed by atoms with Crippen molar-refractivity contribution in [3.8, 4) is 5.75 Å². The van der Waals surface area contributed by atoms with Gasteiger partial charge in [0, 0.05) is 18.7 Å². The van der Waals surface area contributed by atoms with E-state index in [0.717, 1.165) is 17.5 Å². The van der Waals surface area contributed by atoms with Crippen molar-refractivity contribution in [2.24, 2.45) is 0 Å².